The maximum atomic E-state index is 4.99. The van der Waals surface area contributed by atoms with Gasteiger partial charge in [-0.15, -0.1) is 0 Å². The van der Waals surface area contributed by atoms with E-state index in [1.807, 2.05) is 0 Å². The van der Waals surface area contributed by atoms with Crippen molar-refractivity contribution in [2.24, 2.45) is 0 Å². The topological polar surface area (TPSA) is 18.5 Å². The van der Waals surface area contributed by atoms with Crippen molar-refractivity contribution in [3.63, 3.8) is 0 Å². The fourth-order valence-corrected chi connectivity index (χ4v) is 1.01. The van der Waals surface area contributed by atoms with E-state index in [9.17, 15) is 0 Å². The van der Waals surface area contributed by atoms with Gasteiger partial charge in [0.1, 0.15) is 11.5 Å². The monoisotopic (exact) mass is 169 g/mol. The molecule has 0 saturated carbocycles. The average Bonchev–Trinajstić information content (AvgIpc) is 2.03. The number of hydrogen-bond donors (Lipinski definition) is 0. The van der Waals surface area contributed by atoms with Gasteiger partial charge in [-0.3, -0.25) is 0 Å². The van der Waals surface area contributed by atoms with Gasteiger partial charge in [-0.05, 0) is 12.1 Å². The van der Waals surface area contributed by atoms with Gasteiger partial charge in [0.15, 0.2) is 0 Å². The minimum absolute atomic E-state index is 0.723. The highest BCUT2D eigenvalue weighted by Gasteiger charge is 1.97. The van der Waals surface area contributed by atoms with Crippen molar-refractivity contribution in [3.8, 4) is 11.5 Å². The van der Waals surface area contributed by atoms with E-state index in [1.165, 1.54) is 0 Å². The van der Waals surface area contributed by atoms with Gasteiger partial charge in [-0.2, -0.15) is 0 Å². The molecule has 1 aromatic rings. The van der Waals surface area contributed by atoms with Crippen LogP contribution in [0.2, 0.25) is 0 Å². The summed E-state index contributed by atoms with van der Waals surface area (Å²) in [6, 6.07) is 5.34. The van der Waals surface area contributed by atoms with E-state index in [-0.39, 0.29) is 0 Å². The molecule has 0 saturated heterocycles. The molecule has 0 aliphatic carbocycles. The Hall–Kier alpha value is -0.960. The van der Waals surface area contributed by atoms with Gasteiger partial charge in [0.25, 0.3) is 0 Å². The van der Waals surface area contributed by atoms with Gasteiger partial charge in [-0.25, -0.2) is 0 Å². The molecule has 0 spiro atoms. The zero-order valence-electron chi connectivity index (χ0n) is 6.46. The Morgan fingerprint density at radius 3 is 1.82 bits per heavy atom. The second kappa shape index (κ2) is 3.44. The van der Waals surface area contributed by atoms with Crippen molar-refractivity contribution in [1.82, 2.24) is 0 Å². The molecule has 0 aliphatic heterocycles. The third-order valence-corrected chi connectivity index (χ3v) is 1.56. The van der Waals surface area contributed by atoms with E-state index in [2.05, 4.69) is 0 Å². The first kappa shape index (κ1) is 8.14. The summed E-state index contributed by atoms with van der Waals surface area (Å²) in [6.07, 6.45) is 0. The summed E-state index contributed by atoms with van der Waals surface area (Å²) in [7, 11) is 3.20. The quantitative estimate of drug-likeness (QED) is 0.676. The van der Waals surface area contributed by atoms with Crippen LogP contribution in [-0.2, 0) is 0 Å². The molecule has 0 bridgehead atoms. The van der Waals surface area contributed by atoms with Crippen molar-refractivity contribution in [1.29, 1.82) is 0 Å². The van der Waals surface area contributed by atoms with Gasteiger partial charge in [0, 0.05) is 11.0 Å². The van der Waals surface area contributed by atoms with Crippen LogP contribution in [0.3, 0.4) is 0 Å². The van der Waals surface area contributed by atoms with E-state index in [1.54, 1.807) is 32.4 Å². The van der Waals surface area contributed by atoms with Crippen LogP contribution in [0, 0.1) is 0 Å². The molecule has 0 unspecified atom stereocenters. The van der Waals surface area contributed by atoms with Crippen LogP contribution < -0.4 is 9.47 Å². The van der Waals surface area contributed by atoms with Crippen molar-refractivity contribution in [2.75, 3.05) is 14.2 Å². The largest absolute Gasteiger partial charge is 0.497 e. The van der Waals surface area contributed by atoms with Gasteiger partial charge >= 0.3 is 0 Å². The van der Waals surface area contributed by atoms with Crippen LogP contribution in [-0.4, -0.2) is 14.2 Å². The summed E-state index contributed by atoms with van der Waals surface area (Å²) < 4.78 is 9.98. The maximum absolute atomic E-state index is 4.99. The molecule has 2 nitrogen and oxygen atoms in total. The summed E-state index contributed by atoms with van der Waals surface area (Å²) in [5.41, 5.74) is 0. The Labute approximate surface area is 71.5 Å². The Kier molecular flexibility index (Phi) is 2.54. The Morgan fingerprint density at radius 2 is 1.45 bits per heavy atom. The first-order chi connectivity index (χ1) is 5.26. The SMILES string of the molecule is COc1cc([S])cc(OC)c1. The Bertz CT molecular complexity index is 226. The van der Waals surface area contributed by atoms with Crippen LogP contribution in [0.25, 0.3) is 0 Å². The first-order valence-corrected chi connectivity index (χ1v) is 3.57. The third kappa shape index (κ3) is 1.98. The molecule has 0 heterocycles. The molecule has 59 valence electrons. The molecule has 0 aliphatic rings. The van der Waals surface area contributed by atoms with Gasteiger partial charge < -0.3 is 9.47 Å². The summed E-state index contributed by atoms with van der Waals surface area (Å²) in [4.78, 5) is 0.723. The molecule has 0 atom stereocenters. The third-order valence-electron chi connectivity index (χ3n) is 1.32. The molecule has 0 aromatic heterocycles. The van der Waals surface area contributed by atoms with Crippen molar-refractivity contribution >= 4 is 12.6 Å². The average molecular weight is 169 g/mol. The normalized spacial score (nSPS) is 9.27. The first-order valence-electron chi connectivity index (χ1n) is 3.16. The van der Waals surface area contributed by atoms with E-state index in [4.69, 9.17) is 22.1 Å². The molecule has 11 heavy (non-hydrogen) atoms. The number of ether oxygens (including phenoxy) is 2. The summed E-state index contributed by atoms with van der Waals surface area (Å²) in [5, 5.41) is 0. The van der Waals surface area contributed by atoms with Crippen LogP contribution >= 0.6 is 12.6 Å². The summed E-state index contributed by atoms with van der Waals surface area (Å²) in [6.45, 7) is 0. The van der Waals surface area contributed by atoms with Gasteiger partial charge in [0.2, 0.25) is 0 Å². The van der Waals surface area contributed by atoms with Crippen molar-refractivity contribution < 1.29 is 9.47 Å². The van der Waals surface area contributed by atoms with Crippen molar-refractivity contribution in [3.05, 3.63) is 18.2 Å². The fraction of sp³-hybridized carbons (Fsp3) is 0.250. The predicted molar refractivity (Wildman–Crippen MR) is 45.4 cm³/mol. The minimum atomic E-state index is 0.723. The molecular formula is C8H9O2S. The zero-order valence-corrected chi connectivity index (χ0v) is 7.27. The van der Waals surface area contributed by atoms with E-state index < -0.39 is 0 Å². The molecule has 1 aromatic carbocycles. The highest BCUT2D eigenvalue weighted by Crippen LogP contribution is 2.23. The lowest BCUT2D eigenvalue weighted by Crippen LogP contribution is -1.86. The molecule has 0 N–H and O–H groups in total. The van der Waals surface area contributed by atoms with E-state index in [0.717, 1.165) is 16.4 Å². The van der Waals surface area contributed by atoms with Gasteiger partial charge in [0.05, 0.1) is 14.2 Å². The smallest absolute Gasteiger partial charge is 0.123 e. The second-order valence-corrected chi connectivity index (χ2v) is 2.52. The number of rotatable bonds is 2. The second-order valence-electron chi connectivity index (χ2n) is 2.05. The number of benzene rings is 1. The lowest BCUT2D eigenvalue weighted by Gasteiger charge is -2.03. The zero-order chi connectivity index (χ0) is 8.27. The molecular weight excluding hydrogens is 160 g/mol. The number of hydrogen-bond acceptors (Lipinski definition) is 2. The van der Waals surface area contributed by atoms with E-state index >= 15 is 0 Å². The fourth-order valence-electron chi connectivity index (χ4n) is 0.781. The maximum Gasteiger partial charge on any atom is 0.123 e. The molecule has 0 fully saturated rings. The van der Waals surface area contributed by atoms with Gasteiger partial charge in [-0.1, -0.05) is 12.6 Å². The number of methoxy groups -OCH3 is 2. The van der Waals surface area contributed by atoms with E-state index in [0.29, 0.717) is 0 Å². The lowest BCUT2D eigenvalue weighted by molar-refractivity contribution is 0.392. The molecule has 3 heteroatoms. The highest BCUT2D eigenvalue weighted by molar-refractivity contribution is 7.80. The summed E-state index contributed by atoms with van der Waals surface area (Å²) in [5.74, 6) is 1.46. The standard InChI is InChI=1S/C8H9O2S/c1-9-6-3-7(10-2)5-8(11)4-6/h3-5H,1-2H3. The Morgan fingerprint density at radius 1 is 1.00 bits per heavy atom. The van der Waals surface area contributed by atoms with Crippen molar-refractivity contribution in [2.45, 2.75) is 4.90 Å². The van der Waals surface area contributed by atoms with Crippen LogP contribution in [0.15, 0.2) is 23.1 Å². The lowest BCUT2D eigenvalue weighted by atomic mass is 10.3. The van der Waals surface area contributed by atoms with Crippen LogP contribution in [0.4, 0.5) is 0 Å². The molecule has 0 amide bonds. The molecule has 1 radical (unpaired) electrons. The predicted octanol–water partition coefficient (Wildman–Crippen LogP) is 2.26. The molecule has 1 rings (SSSR count). The Balaban J connectivity index is 3.02. The summed E-state index contributed by atoms with van der Waals surface area (Å²) >= 11 is 4.96. The highest BCUT2D eigenvalue weighted by atomic mass is 32.1. The minimum Gasteiger partial charge on any atom is -0.497 e. The van der Waals surface area contributed by atoms with Crippen LogP contribution in [0.1, 0.15) is 0 Å². The van der Waals surface area contributed by atoms with Crippen LogP contribution in [0.5, 0.6) is 11.5 Å².